The van der Waals surface area contributed by atoms with Crippen LogP contribution in [0.25, 0.3) is 21.7 Å². The quantitative estimate of drug-likeness (QED) is 0.749. The van der Waals surface area contributed by atoms with E-state index in [1.165, 1.54) is 0 Å². The van der Waals surface area contributed by atoms with Crippen LogP contribution in [0, 0.1) is 0 Å². The van der Waals surface area contributed by atoms with Crippen molar-refractivity contribution in [3.8, 4) is 0 Å². The minimum absolute atomic E-state index is 0.0730. The average Bonchev–Trinajstić information content (AvgIpc) is 3.24. The third-order valence-corrected chi connectivity index (χ3v) is 5.24. The largest absolute Gasteiger partial charge is 0.481 e. The van der Waals surface area contributed by atoms with E-state index in [0.29, 0.717) is 18.7 Å². The Morgan fingerprint density at radius 3 is 2.81 bits per heavy atom. The first-order valence-corrected chi connectivity index (χ1v) is 8.99. The van der Waals surface area contributed by atoms with Crippen molar-refractivity contribution in [3.05, 3.63) is 48.2 Å². The summed E-state index contributed by atoms with van der Waals surface area (Å²) in [5.74, 6) is -0.463. The SMILES string of the molecule is COC1CC(CC(=O)O)N(C(=O)Cc2cc3c(ccc4ccccc43)o2)C1. The summed E-state index contributed by atoms with van der Waals surface area (Å²) in [6.45, 7) is 0.413. The maximum atomic E-state index is 12.8. The lowest BCUT2D eigenvalue weighted by molar-refractivity contribution is -0.139. The van der Waals surface area contributed by atoms with E-state index in [4.69, 9.17) is 14.3 Å². The molecule has 1 N–H and O–H groups in total. The molecule has 0 bridgehead atoms. The Morgan fingerprint density at radius 1 is 1.22 bits per heavy atom. The number of nitrogens with zero attached hydrogens (tertiary/aromatic N) is 1. The summed E-state index contributed by atoms with van der Waals surface area (Å²) in [5, 5.41) is 12.3. The Labute approximate surface area is 156 Å². The van der Waals surface area contributed by atoms with E-state index in [9.17, 15) is 9.59 Å². The summed E-state index contributed by atoms with van der Waals surface area (Å²) in [6, 6.07) is 13.5. The molecule has 1 aliphatic heterocycles. The lowest BCUT2D eigenvalue weighted by Gasteiger charge is -2.22. The molecule has 0 radical (unpaired) electrons. The summed E-state index contributed by atoms with van der Waals surface area (Å²) >= 11 is 0. The minimum atomic E-state index is -0.912. The van der Waals surface area contributed by atoms with Gasteiger partial charge >= 0.3 is 5.97 Å². The third kappa shape index (κ3) is 3.40. The lowest BCUT2D eigenvalue weighted by atomic mass is 10.1. The molecule has 3 aromatic rings. The molecule has 0 spiro atoms. The van der Waals surface area contributed by atoms with Crippen LogP contribution < -0.4 is 0 Å². The number of amides is 1. The molecule has 2 atom stereocenters. The molecule has 4 rings (SSSR count). The van der Waals surface area contributed by atoms with Crippen molar-refractivity contribution in [2.24, 2.45) is 0 Å². The normalized spacial score (nSPS) is 19.8. The number of hydrogen-bond donors (Lipinski definition) is 1. The molecule has 0 saturated carbocycles. The van der Waals surface area contributed by atoms with Crippen molar-refractivity contribution in [1.29, 1.82) is 0 Å². The van der Waals surface area contributed by atoms with Gasteiger partial charge in [0.1, 0.15) is 11.3 Å². The molecule has 1 fully saturated rings. The van der Waals surface area contributed by atoms with Crippen LogP contribution in [0.4, 0.5) is 0 Å². The monoisotopic (exact) mass is 367 g/mol. The molecule has 6 nitrogen and oxygen atoms in total. The molecule has 2 unspecified atom stereocenters. The van der Waals surface area contributed by atoms with Crippen LogP contribution in [0.15, 0.2) is 46.9 Å². The predicted octanol–water partition coefficient (Wildman–Crippen LogP) is 3.22. The Bertz CT molecular complexity index is 1010. The number of fused-ring (bicyclic) bond motifs is 3. The van der Waals surface area contributed by atoms with Gasteiger partial charge in [0.25, 0.3) is 0 Å². The molecule has 140 valence electrons. The molecule has 1 aromatic heterocycles. The number of ether oxygens (including phenoxy) is 1. The van der Waals surface area contributed by atoms with E-state index in [-0.39, 0.29) is 30.9 Å². The molecule has 27 heavy (non-hydrogen) atoms. The van der Waals surface area contributed by atoms with Crippen LogP contribution in [-0.2, 0) is 20.7 Å². The first-order valence-electron chi connectivity index (χ1n) is 8.99. The lowest BCUT2D eigenvalue weighted by Crippen LogP contribution is -2.38. The number of furan rings is 1. The average molecular weight is 367 g/mol. The number of hydrogen-bond acceptors (Lipinski definition) is 4. The predicted molar refractivity (Wildman–Crippen MR) is 101 cm³/mol. The van der Waals surface area contributed by atoms with Crippen molar-refractivity contribution in [1.82, 2.24) is 4.90 Å². The van der Waals surface area contributed by atoms with Gasteiger partial charge in [0, 0.05) is 25.1 Å². The van der Waals surface area contributed by atoms with Gasteiger partial charge in [-0.3, -0.25) is 9.59 Å². The Balaban J connectivity index is 1.58. The zero-order chi connectivity index (χ0) is 19.0. The number of carboxylic acid groups (broad SMARTS) is 1. The fourth-order valence-corrected chi connectivity index (χ4v) is 3.93. The minimum Gasteiger partial charge on any atom is -0.481 e. The maximum absolute atomic E-state index is 12.8. The molecule has 2 heterocycles. The number of carbonyl (C=O) groups excluding carboxylic acids is 1. The van der Waals surface area contributed by atoms with Gasteiger partial charge in [-0.1, -0.05) is 30.3 Å². The number of carboxylic acids is 1. The van der Waals surface area contributed by atoms with Gasteiger partial charge < -0.3 is 19.2 Å². The second-order valence-corrected chi connectivity index (χ2v) is 6.98. The third-order valence-electron chi connectivity index (χ3n) is 5.24. The summed E-state index contributed by atoms with van der Waals surface area (Å²) < 4.78 is 11.2. The molecule has 2 aromatic carbocycles. The highest BCUT2D eigenvalue weighted by Gasteiger charge is 2.36. The van der Waals surface area contributed by atoms with Crippen molar-refractivity contribution in [2.75, 3.05) is 13.7 Å². The van der Waals surface area contributed by atoms with Gasteiger partial charge in [-0.15, -0.1) is 0 Å². The topological polar surface area (TPSA) is 80.0 Å². The van der Waals surface area contributed by atoms with Gasteiger partial charge in [-0.05, 0) is 29.3 Å². The van der Waals surface area contributed by atoms with E-state index < -0.39 is 5.97 Å². The number of benzene rings is 2. The van der Waals surface area contributed by atoms with Crippen LogP contribution in [0.2, 0.25) is 0 Å². The van der Waals surface area contributed by atoms with Crippen LogP contribution in [-0.4, -0.2) is 47.7 Å². The summed E-state index contributed by atoms with van der Waals surface area (Å²) in [5.41, 5.74) is 0.745. The van der Waals surface area contributed by atoms with Crippen LogP contribution in [0.1, 0.15) is 18.6 Å². The molecule has 1 saturated heterocycles. The second-order valence-electron chi connectivity index (χ2n) is 6.98. The van der Waals surface area contributed by atoms with E-state index >= 15 is 0 Å². The van der Waals surface area contributed by atoms with Crippen molar-refractivity contribution in [2.45, 2.75) is 31.4 Å². The van der Waals surface area contributed by atoms with Gasteiger partial charge in [0.05, 0.1) is 18.9 Å². The van der Waals surface area contributed by atoms with Gasteiger partial charge in [-0.2, -0.15) is 0 Å². The Morgan fingerprint density at radius 2 is 2.04 bits per heavy atom. The number of rotatable bonds is 5. The fourth-order valence-electron chi connectivity index (χ4n) is 3.93. The number of methoxy groups -OCH3 is 1. The summed E-state index contributed by atoms with van der Waals surface area (Å²) in [6.07, 6.45) is 0.448. The maximum Gasteiger partial charge on any atom is 0.305 e. The number of aliphatic carboxylic acids is 1. The van der Waals surface area contributed by atoms with Crippen molar-refractivity contribution < 1.29 is 23.8 Å². The highest BCUT2D eigenvalue weighted by atomic mass is 16.5. The Kier molecular flexibility index (Phi) is 4.58. The zero-order valence-electron chi connectivity index (χ0n) is 15.1. The highest BCUT2D eigenvalue weighted by Crippen LogP contribution is 2.29. The van der Waals surface area contributed by atoms with E-state index in [1.807, 2.05) is 42.5 Å². The van der Waals surface area contributed by atoms with E-state index in [0.717, 1.165) is 21.7 Å². The molecular weight excluding hydrogens is 346 g/mol. The van der Waals surface area contributed by atoms with Crippen molar-refractivity contribution >= 4 is 33.6 Å². The van der Waals surface area contributed by atoms with E-state index in [1.54, 1.807) is 12.0 Å². The second kappa shape index (κ2) is 7.04. The van der Waals surface area contributed by atoms with Gasteiger partial charge in [0.2, 0.25) is 5.91 Å². The molecule has 1 aliphatic rings. The fraction of sp³-hybridized carbons (Fsp3) is 0.333. The summed E-state index contributed by atoms with van der Waals surface area (Å²) in [7, 11) is 1.58. The smallest absolute Gasteiger partial charge is 0.305 e. The van der Waals surface area contributed by atoms with Crippen LogP contribution >= 0.6 is 0 Å². The molecule has 1 amide bonds. The molecule has 6 heteroatoms. The van der Waals surface area contributed by atoms with Gasteiger partial charge in [-0.25, -0.2) is 0 Å². The van der Waals surface area contributed by atoms with E-state index in [2.05, 4.69) is 0 Å². The number of carbonyl (C=O) groups is 2. The zero-order valence-corrected chi connectivity index (χ0v) is 15.1. The molecular formula is C21H21NO5. The standard InChI is InChI=1S/C21H21NO5/c1-26-16-8-14(9-21(24)25)22(12-16)20(23)11-15-10-18-17-5-3-2-4-13(17)6-7-19(18)27-15/h2-7,10,14,16H,8-9,11-12H2,1H3,(H,24,25). The molecule has 0 aliphatic carbocycles. The van der Waals surface area contributed by atoms with Crippen molar-refractivity contribution in [3.63, 3.8) is 0 Å². The Hall–Kier alpha value is -2.86. The van der Waals surface area contributed by atoms with Crippen LogP contribution in [0.3, 0.4) is 0 Å². The van der Waals surface area contributed by atoms with Gasteiger partial charge in [0.15, 0.2) is 0 Å². The first kappa shape index (κ1) is 17.5. The first-order chi connectivity index (χ1) is 13.0. The summed E-state index contributed by atoms with van der Waals surface area (Å²) in [4.78, 5) is 25.6. The number of likely N-dealkylation sites (tertiary alicyclic amines) is 1. The highest BCUT2D eigenvalue weighted by molar-refractivity contribution is 6.06. The van der Waals surface area contributed by atoms with Crippen LogP contribution in [0.5, 0.6) is 0 Å².